The minimum Gasteiger partial charge on any atom is -0.465 e. The zero-order chi connectivity index (χ0) is 21.4. The maximum atomic E-state index is 12.9. The molecule has 30 heavy (non-hydrogen) atoms. The molecule has 0 aromatic heterocycles. The van der Waals surface area contributed by atoms with Gasteiger partial charge in [-0.15, -0.1) is 0 Å². The molecule has 0 radical (unpaired) electrons. The van der Waals surface area contributed by atoms with E-state index in [9.17, 15) is 24.5 Å². The number of rotatable bonds is 4. The first-order valence-electron chi connectivity index (χ1n) is 8.73. The highest BCUT2D eigenvalue weighted by atomic mass is 16.6. The molecule has 9 nitrogen and oxygen atoms in total. The monoisotopic (exact) mass is 403 g/mol. The van der Waals surface area contributed by atoms with Gasteiger partial charge in [0, 0.05) is 11.5 Å². The number of hydrazone groups is 1. The zero-order valence-corrected chi connectivity index (χ0v) is 15.6. The third-order valence-electron chi connectivity index (χ3n) is 4.71. The molecular weight excluding hydrogens is 390 g/mol. The van der Waals surface area contributed by atoms with Crippen molar-refractivity contribution in [1.82, 2.24) is 5.01 Å². The molecule has 0 atom stereocenters. The number of hydrogen-bond donors (Lipinski definition) is 0. The fraction of sp³-hybridized carbons (Fsp3) is 0.0476. The van der Waals surface area contributed by atoms with Crippen molar-refractivity contribution in [2.75, 3.05) is 7.11 Å². The predicted molar refractivity (Wildman–Crippen MR) is 106 cm³/mol. The Labute approximate surface area is 169 Å². The standard InChI is InChI=1S/C21H13N3O6/c1-30-21(27)13-7-5-12(6-8-13)11-22-23-19(25)15-4-2-3-14-17(24(28)29)10-9-16(18(14)15)20(23)26/h2-11H,1H3/b22-11-. The van der Waals surface area contributed by atoms with Gasteiger partial charge >= 0.3 is 5.97 Å². The summed E-state index contributed by atoms with van der Waals surface area (Å²) in [5.41, 5.74) is 1.03. The lowest BCUT2D eigenvalue weighted by Crippen LogP contribution is -2.36. The maximum absolute atomic E-state index is 12.9. The summed E-state index contributed by atoms with van der Waals surface area (Å²) in [5, 5.41) is 16.5. The highest BCUT2D eigenvalue weighted by molar-refractivity contribution is 6.26. The van der Waals surface area contributed by atoms with Gasteiger partial charge in [0.25, 0.3) is 17.5 Å². The molecule has 0 spiro atoms. The first-order chi connectivity index (χ1) is 14.4. The number of nitro groups is 1. The van der Waals surface area contributed by atoms with Crippen molar-refractivity contribution < 1.29 is 24.0 Å². The summed E-state index contributed by atoms with van der Waals surface area (Å²) in [6, 6.07) is 13.3. The lowest BCUT2D eigenvalue weighted by molar-refractivity contribution is -0.383. The van der Waals surface area contributed by atoms with Crippen molar-refractivity contribution in [1.29, 1.82) is 0 Å². The van der Waals surface area contributed by atoms with Gasteiger partial charge in [-0.1, -0.05) is 18.2 Å². The Bertz CT molecular complexity index is 1240. The summed E-state index contributed by atoms with van der Waals surface area (Å²) in [6.45, 7) is 0. The van der Waals surface area contributed by atoms with Crippen LogP contribution in [0.4, 0.5) is 5.69 Å². The quantitative estimate of drug-likeness (QED) is 0.217. The van der Waals surface area contributed by atoms with E-state index in [4.69, 9.17) is 0 Å². The summed E-state index contributed by atoms with van der Waals surface area (Å²) < 4.78 is 4.63. The van der Waals surface area contributed by atoms with E-state index in [-0.39, 0.29) is 27.6 Å². The van der Waals surface area contributed by atoms with E-state index in [1.165, 1.54) is 55.8 Å². The second-order valence-corrected chi connectivity index (χ2v) is 6.40. The first kappa shape index (κ1) is 18.9. The van der Waals surface area contributed by atoms with Crippen LogP contribution in [0.25, 0.3) is 10.8 Å². The van der Waals surface area contributed by atoms with Crippen LogP contribution >= 0.6 is 0 Å². The largest absolute Gasteiger partial charge is 0.465 e. The topological polar surface area (TPSA) is 119 Å². The molecule has 3 aromatic carbocycles. The van der Waals surface area contributed by atoms with Crippen LogP contribution in [-0.4, -0.2) is 41.0 Å². The fourth-order valence-electron chi connectivity index (χ4n) is 3.28. The number of carbonyl (C=O) groups excluding carboxylic acids is 3. The number of esters is 1. The van der Waals surface area contributed by atoms with Gasteiger partial charge in [0.05, 0.1) is 40.3 Å². The maximum Gasteiger partial charge on any atom is 0.337 e. The number of hydrogen-bond acceptors (Lipinski definition) is 7. The molecule has 3 aromatic rings. The summed E-state index contributed by atoms with van der Waals surface area (Å²) >= 11 is 0. The van der Waals surface area contributed by atoms with E-state index >= 15 is 0 Å². The lowest BCUT2D eigenvalue weighted by atomic mass is 9.94. The van der Waals surface area contributed by atoms with Crippen molar-refractivity contribution in [2.45, 2.75) is 0 Å². The molecule has 1 aliphatic rings. The number of non-ortho nitro benzene ring substituents is 1. The van der Waals surface area contributed by atoms with Gasteiger partial charge in [-0.25, -0.2) is 4.79 Å². The minimum atomic E-state index is -0.680. The van der Waals surface area contributed by atoms with E-state index in [0.717, 1.165) is 5.01 Å². The zero-order valence-electron chi connectivity index (χ0n) is 15.6. The molecule has 0 saturated heterocycles. The Kier molecular flexibility index (Phi) is 4.55. The number of amides is 2. The highest BCUT2D eigenvalue weighted by Crippen LogP contribution is 2.35. The van der Waals surface area contributed by atoms with Gasteiger partial charge in [-0.2, -0.15) is 10.1 Å². The second-order valence-electron chi connectivity index (χ2n) is 6.40. The Morgan fingerprint density at radius 1 is 1.03 bits per heavy atom. The Morgan fingerprint density at radius 2 is 1.70 bits per heavy atom. The van der Waals surface area contributed by atoms with Crippen molar-refractivity contribution in [3.05, 3.63) is 87.0 Å². The highest BCUT2D eigenvalue weighted by Gasteiger charge is 2.34. The van der Waals surface area contributed by atoms with Crippen molar-refractivity contribution in [3.8, 4) is 0 Å². The lowest BCUT2D eigenvalue weighted by Gasteiger charge is -2.22. The Morgan fingerprint density at radius 3 is 2.33 bits per heavy atom. The number of benzene rings is 3. The average Bonchev–Trinajstić information content (AvgIpc) is 2.76. The van der Waals surface area contributed by atoms with Gasteiger partial charge in [0.1, 0.15) is 0 Å². The second kappa shape index (κ2) is 7.21. The molecule has 0 fully saturated rings. The summed E-state index contributed by atoms with van der Waals surface area (Å²) in [4.78, 5) is 47.9. The summed E-state index contributed by atoms with van der Waals surface area (Å²) in [6.07, 6.45) is 1.31. The molecule has 0 aliphatic carbocycles. The van der Waals surface area contributed by atoms with E-state index in [1.54, 1.807) is 12.1 Å². The average molecular weight is 403 g/mol. The van der Waals surface area contributed by atoms with Crippen LogP contribution in [0.3, 0.4) is 0 Å². The molecular formula is C21H13N3O6. The molecule has 0 saturated carbocycles. The van der Waals surface area contributed by atoms with E-state index < -0.39 is 22.7 Å². The van der Waals surface area contributed by atoms with Crippen LogP contribution in [-0.2, 0) is 4.74 Å². The molecule has 1 heterocycles. The number of carbonyl (C=O) groups is 3. The van der Waals surface area contributed by atoms with E-state index in [1.807, 2.05) is 0 Å². The Hall–Kier alpha value is -4.40. The fourth-order valence-corrected chi connectivity index (χ4v) is 3.28. The molecule has 0 N–H and O–H groups in total. The third-order valence-corrected chi connectivity index (χ3v) is 4.71. The van der Waals surface area contributed by atoms with Crippen LogP contribution in [0.2, 0.25) is 0 Å². The van der Waals surface area contributed by atoms with E-state index in [2.05, 4.69) is 9.84 Å². The van der Waals surface area contributed by atoms with Crippen molar-refractivity contribution in [2.24, 2.45) is 5.10 Å². The Balaban J connectivity index is 1.72. The SMILES string of the molecule is COC(=O)c1ccc(/C=N\N2C(=O)c3cccc4c([N+](=O)[O-])ccc(c34)C2=O)cc1. The van der Waals surface area contributed by atoms with Crippen LogP contribution in [0.1, 0.15) is 36.6 Å². The normalized spacial score (nSPS) is 13.2. The van der Waals surface area contributed by atoms with Gasteiger partial charge in [-0.3, -0.25) is 19.7 Å². The van der Waals surface area contributed by atoms with E-state index in [0.29, 0.717) is 11.1 Å². The van der Waals surface area contributed by atoms with Crippen LogP contribution < -0.4 is 0 Å². The van der Waals surface area contributed by atoms with Gasteiger partial charge in [0.15, 0.2) is 0 Å². The number of nitro benzene ring substituents is 1. The van der Waals surface area contributed by atoms with Crippen LogP contribution in [0, 0.1) is 10.1 Å². The summed E-state index contributed by atoms with van der Waals surface area (Å²) in [7, 11) is 1.28. The minimum absolute atomic E-state index is 0.156. The smallest absolute Gasteiger partial charge is 0.337 e. The predicted octanol–water partition coefficient (Wildman–Crippen LogP) is 3.16. The number of nitrogens with zero attached hydrogens (tertiary/aromatic N) is 3. The molecule has 1 aliphatic heterocycles. The van der Waals surface area contributed by atoms with Crippen molar-refractivity contribution >= 4 is 40.5 Å². The van der Waals surface area contributed by atoms with Crippen LogP contribution in [0.15, 0.2) is 59.7 Å². The molecule has 148 valence electrons. The number of methoxy groups -OCH3 is 1. The van der Waals surface area contributed by atoms with Crippen molar-refractivity contribution in [3.63, 3.8) is 0 Å². The number of ether oxygens (including phenoxy) is 1. The third kappa shape index (κ3) is 2.98. The molecule has 0 unspecified atom stereocenters. The first-order valence-corrected chi connectivity index (χ1v) is 8.73. The molecule has 2 amide bonds. The molecule has 0 bridgehead atoms. The van der Waals surface area contributed by atoms with Gasteiger partial charge in [-0.05, 0) is 35.9 Å². The van der Waals surface area contributed by atoms with Crippen LogP contribution in [0.5, 0.6) is 0 Å². The number of imide groups is 1. The van der Waals surface area contributed by atoms with Gasteiger partial charge < -0.3 is 4.74 Å². The van der Waals surface area contributed by atoms with Gasteiger partial charge in [0.2, 0.25) is 0 Å². The molecule has 9 heteroatoms. The summed E-state index contributed by atoms with van der Waals surface area (Å²) in [5.74, 6) is -1.85. The molecule has 4 rings (SSSR count).